The minimum Gasteiger partial charge on any atom is -0.465 e. The lowest BCUT2D eigenvalue weighted by atomic mass is 10.2. The maximum Gasteiger partial charge on any atom is 0.147 e. The van der Waals surface area contributed by atoms with E-state index in [9.17, 15) is 0 Å². The summed E-state index contributed by atoms with van der Waals surface area (Å²) in [6.45, 7) is 9.78. The van der Waals surface area contributed by atoms with Crippen molar-refractivity contribution in [2.45, 2.75) is 46.4 Å². The molecule has 0 bridgehead atoms. The van der Waals surface area contributed by atoms with Gasteiger partial charge in [-0.1, -0.05) is 6.92 Å². The number of furan rings is 1. The number of rotatable bonds is 6. The Morgan fingerprint density at radius 1 is 1.38 bits per heavy atom. The van der Waals surface area contributed by atoms with Crippen LogP contribution in [-0.2, 0) is 26.2 Å². The minimum absolute atomic E-state index is 0.835. The van der Waals surface area contributed by atoms with E-state index in [2.05, 4.69) is 38.0 Å². The summed E-state index contributed by atoms with van der Waals surface area (Å²) in [6, 6.07) is 2.18. The summed E-state index contributed by atoms with van der Waals surface area (Å²) >= 11 is 0. The predicted octanol–water partition coefficient (Wildman–Crippen LogP) is 1.69. The normalized spacial score (nSPS) is 15.3. The van der Waals surface area contributed by atoms with Gasteiger partial charge in [0.15, 0.2) is 0 Å². The lowest BCUT2D eigenvalue weighted by Crippen LogP contribution is -2.33. The molecule has 0 atom stereocenters. The van der Waals surface area contributed by atoms with Crippen LogP contribution in [0.5, 0.6) is 0 Å². The molecule has 3 heterocycles. The van der Waals surface area contributed by atoms with E-state index in [4.69, 9.17) is 4.42 Å². The van der Waals surface area contributed by atoms with Gasteiger partial charge in [0.2, 0.25) is 0 Å². The van der Waals surface area contributed by atoms with Crippen LogP contribution in [0.2, 0.25) is 0 Å². The molecule has 1 N–H and O–H groups in total. The van der Waals surface area contributed by atoms with Crippen molar-refractivity contribution >= 4 is 0 Å². The molecule has 1 aliphatic heterocycles. The quantitative estimate of drug-likeness (QED) is 0.820. The Bertz CT molecular complexity index is 589. The van der Waals surface area contributed by atoms with Crippen molar-refractivity contribution in [1.82, 2.24) is 25.0 Å². The molecule has 0 radical (unpaired) electrons. The first-order chi connectivity index (χ1) is 10.3. The standard InChI is InChI=1S/C15H23N5O/c1-3-4-16-8-13-7-14(21-12(13)2)9-19-5-6-20-11-17-18-15(20)10-19/h7,11,16H,3-6,8-10H2,1-2H3. The Morgan fingerprint density at radius 2 is 2.29 bits per heavy atom. The van der Waals surface area contributed by atoms with E-state index in [0.717, 1.165) is 63.0 Å². The maximum absolute atomic E-state index is 5.89. The van der Waals surface area contributed by atoms with Gasteiger partial charge in [-0.3, -0.25) is 4.90 Å². The zero-order valence-electron chi connectivity index (χ0n) is 12.8. The van der Waals surface area contributed by atoms with Gasteiger partial charge in [-0.15, -0.1) is 10.2 Å². The highest BCUT2D eigenvalue weighted by Gasteiger charge is 2.19. The van der Waals surface area contributed by atoms with Crippen LogP contribution in [0.4, 0.5) is 0 Å². The van der Waals surface area contributed by atoms with Crippen molar-refractivity contribution in [3.8, 4) is 0 Å². The van der Waals surface area contributed by atoms with Gasteiger partial charge in [0.05, 0.1) is 13.1 Å². The van der Waals surface area contributed by atoms with Gasteiger partial charge in [-0.25, -0.2) is 0 Å². The van der Waals surface area contributed by atoms with Gasteiger partial charge in [0.25, 0.3) is 0 Å². The second kappa shape index (κ2) is 6.41. The third kappa shape index (κ3) is 3.33. The summed E-state index contributed by atoms with van der Waals surface area (Å²) in [4.78, 5) is 2.35. The Morgan fingerprint density at radius 3 is 3.14 bits per heavy atom. The van der Waals surface area contributed by atoms with E-state index in [1.54, 1.807) is 6.33 Å². The molecule has 0 aromatic carbocycles. The molecule has 0 spiro atoms. The summed E-state index contributed by atoms with van der Waals surface area (Å²) in [6.07, 6.45) is 2.96. The summed E-state index contributed by atoms with van der Waals surface area (Å²) in [7, 11) is 0. The highest BCUT2D eigenvalue weighted by atomic mass is 16.3. The van der Waals surface area contributed by atoms with E-state index in [-0.39, 0.29) is 0 Å². The summed E-state index contributed by atoms with van der Waals surface area (Å²) in [5.41, 5.74) is 1.26. The van der Waals surface area contributed by atoms with Crippen LogP contribution in [0.3, 0.4) is 0 Å². The van der Waals surface area contributed by atoms with Crippen molar-refractivity contribution in [3.05, 3.63) is 35.3 Å². The van der Waals surface area contributed by atoms with E-state index < -0.39 is 0 Å². The number of hydrogen-bond donors (Lipinski definition) is 1. The lowest BCUT2D eigenvalue weighted by Gasteiger charge is -2.25. The number of hydrogen-bond acceptors (Lipinski definition) is 5. The molecular formula is C15H23N5O. The number of aromatic nitrogens is 3. The van der Waals surface area contributed by atoms with Crippen LogP contribution in [0, 0.1) is 6.92 Å². The molecule has 1 aliphatic rings. The van der Waals surface area contributed by atoms with Crippen LogP contribution < -0.4 is 5.32 Å². The topological polar surface area (TPSA) is 59.1 Å². The summed E-state index contributed by atoms with van der Waals surface area (Å²) in [5.74, 6) is 3.09. The van der Waals surface area contributed by atoms with Gasteiger partial charge in [0, 0.05) is 25.2 Å². The molecule has 0 amide bonds. The monoisotopic (exact) mass is 289 g/mol. The van der Waals surface area contributed by atoms with Crippen LogP contribution in [0.15, 0.2) is 16.8 Å². The summed E-state index contributed by atoms with van der Waals surface area (Å²) < 4.78 is 8.01. The molecular weight excluding hydrogens is 266 g/mol. The Hall–Kier alpha value is -1.66. The van der Waals surface area contributed by atoms with Gasteiger partial charge >= 0.3 is 0 Å². The van der Waals surface area contributed by atoms with Crippen molar-refractivity contribution < 1.29 is 4.42 Å². The van der Waals surface area contributed by atoms with Gasteiger partial charge < -0.3 is 14.3 Å². The average Bonchev–Trinajstić information content (AvgIpc) is 3.06. The second-order valence-electron chi connectivity index (χ2n) is 5.62. The largest absolute Gasteiger partial charge is 0.465 e. The molecule has 21 heavy (non-hydrogen) atoms. The Labute approximate surface area is 125 Å². The highest BCUT2D eigenvalue weighted by molar-refractivity contribution is 5.20. The number of aryl methyl sites for hydroxylation is 1. The SMILES string of the molecule is CCCNCc1cc(CN2CCn3cnnc3C2)oc1C. The van der Waals surface area contributed by atoms with Gasteiger partial charge in [-0.05, 0) is 26.0 Å². The predicted molar refractivity (Wildman–Crippen MR) is 79.6 cm³/mol. The molecule has 2 aromatic rings. The van der Waals surface area contributed by atoms with Crippen molar-refractivity contribution in [1.29, 1.82) is 0 Å². The molecule has 0 aliphatic carbocycles. The van der Waals surface area contributed by atoms with Gasteiger partial charge in [-0.2, -0.15) is 0 Å². The molecule has 114 valence electrons. The van der Waals surface area contributed by atoms with E-state index in [1.165, 1.54) is 5.56 Å². The minimum atomic E-state index is 0.835. The third-order valence-corrected chi connectivity index (χ3v) is 3.91. The zero-order chi connectivity index (χ0) is 14.7. The van der Waals surface area contributed by atoms with Crippen molar-refractivity contribution in [2.75, 3.05) is 13.1 Å². The summed E-state index contributed by atoms with van der Waals surface area (Å²) in [5, 5.41) is 11.5. The first-order valence-corrected chi connectivity index (χ1v) is 7.64. The fraction of sp³-hybridized carbons (Fsp3) is 0.600. The van der Waals surface area contributed by atoms with Crippen molar-refractivity contribution in [2.24, 2.45) is 0 Å². The zero-order valence-corrected chi connectivity index (χ0v) is 12.8. The Balaban J connectivity index is 1.59. The van der Waals surface area contributed by atoms with E-state index >= 15 is 0 Å². The molecule has 3 rings (SSSR count). The number of nitrogens with one attached hydrogen (secondary N) is 1. The molecule has 0 fully saturated rings. The molecule has 2 aromatic heterocycles. The number of nitrogens with zero attached hydrogens (tertiary/aromatic N) is 4. The van der Waals surface area contributed by atoms with Crippen LogP contribution in [-0.4, -0.2) is 32.8 Å². The molecule has 6 heteroatoms. The fourth-order valence-electron chi connectivity index (χ4n) is 2.71. The smallest absolute Gasteiger partial charge is 0.147 e. The highest BCUT2D eigenvalue weighted by Crippen LogP contribution is 2.18. The fourth-order valence-corrected chi connectivity index (χ4v) is 2.71. The molecule has 0 saturated heterocycles. The molecule has 0 unspecified atom stereocenters. The second-order valence-corrected chi connectivity index (χ2v) is 5.62. The van der Waals surface area contributed by atoms with Crippen LogP contribution in [0.1, 0.15) is 36.3 Å². The maximum atomic E-state index is 5.89. The average molecular weight is 289 g/mol. The lowest BCUT2D eigenvalue weighted by molar-refractivity contribution is 0.193. The first kappa shape index (κ1) is 14.3. The van der Waals surface area contributed by atoms with E-state index in [1.807, 2.05) is 6.92 Å². The number of fused-ring (bicyclic) bond motifs is 1. The van der Waals surface area contributed by atoms with Crippen LogP contribution in [0.25, 0.3) is 0 Å². The molecule has 0 saturated carbocycles. The Kier molecular flexibility index (Phi) is 4.36. The first-order valence-electron chi connectivity index (χ1n) is 7.64. The van der Waals surface area contributed by atoms with Gasteiger partial charge in [0.1, 0.15) is 23.7 Å². The molecule has 6 nitrogen and oxygen atoms in total. The van der Waals surface area contributed by atoms with Crippen LogP contribution >= 0.6 is 0 Å². The third-order valence-electron chi connectivity index (χ3n) is 3.91. The van der Waals surface area contributed by atoms with E-state index in [0.29, 0.717) is 0 Å². The van der Waals surface area contributed by atoms with Crippen molar-refractivity contribution in [3.63, 3.8) is 0 Å².